The van der Waals surface area contributed by atoms with Crippen LogP contribution < -0.4 is 5.32 Å². The summed E-state index contributed by atoms with van der Waals surface area (Å²) in [5.41, 5.74) is 1.83. The molecule has 2 aliphatic rings. The molecule has 2 atom stereocenters. The summed E-state index contributed by atoms with van der Waals surface area (Å²) in [5, 5.41) is 2.82. The Morgan fingerprint density at radius 2 is 1.81 bits per heavy atom. The Balaban J connectivity index is 1.56. The summed E-state index contributed by atoms with van der Waals surface area (Å²) in [6, 6.07) is 15.3. The van der Waals surface area contributed by atoms with Crippen LogP contribution in [0.3, 0.4) is 0 Å². The van der Waals surface area contributed by atoms with Gasteiger partial charge in [0.1, 0.15) is 11.9 Å². The van der Waals surface area contributed by atoms with E-state index in [1.165, 1.54) is 17.7 Å². The lowest BCUT2D eigenvalue weighted by Crippen LogP contribution is -2.52. The van der Waals surface area contributed by atoms with Gasteiger partial charge in [0.2, 0.25) is 11.8 Å². The van der Waals surface area contributed by atoms with E-state index in [2.05, 4.69) is 17.4 Å². The number of carbonyl (C=O) groups excluding carboxylic acids is 2. The highest BCUT2D eigenvalue weighted by atomic mass is 19.1. The molecule has 2 fully saturated rings. The van der Waals surface area contributed by atoms with Gasteiger partial charge >= 0.3 is 0 Å². The van der Waals surface area contributed by atoms with Crippen LogP contribution in [-0.4, -0.2) is 29.8 Å². The van der Waals surface area contributed by atoms with Gasteiger partial charge in [-0.2, -0.15) is 0 Å². The van der Waals surface area contributed by atoms with Gasteiger partial charge in [-0.1, -0.05) is 42.5 Å². The van der Waals surface area contributed by atoms with Crippen molar-refractivity contribution in [1.29, 1.82) is 0 Å². The van der Waals surface area contributed by atoms with Crippen molar-refractivity contribution in [3.63, 3.8) is 0 Å². The smallest absolute Gasteiger partial charge is 0.247 e. The fraction of sp³-hybridized carbons (Fsp3) is 0.364. The largest absolute Gasteiger partial charge is 0.352 e. The van der Waals surface area contributed by atoms with E-state index in [0.717, 1.165) is 12.8 Å². The molecule has 27 heavy (non-hydrogen) atoms. The van der Waals surface area contributed by atoms with E-state index in [1.54, 1.807) is 17.0 Å². The zero-order valence-corrected chi connectivity index (χ0v) is 15.1. The number of carbonyl (C=O) groups is 2. The van der Waals surface area contributed by atoms with Gasteiger partial charge in [-0.15, -0.1) is 0 Å². The van der Waals surface area contributed by atoms with Gasteiger partial charge in [-0.25, -0.2) is 4.39 Å². The van der Waals surface area contributed by atoms with Crippen LogP contribution in [0.4, 0.5) is 4.39 Å². The van der Waals surface area contributed by atoms with Crippen LogP contribution in [-0.2, 0) is 9.59 Å². The standard InChI is InChI=1S/C22H23FN2O2/c23-18-10-8-17(9-11-18)21-22(27)24-12-13-25(21)20(26)14-19(16-6-7-16)15-4-2-1-3-5-15/h1-5,8-11,16,19,21H,6-7,12-14H2,(H,24,27). The van der Waals surface area contributed by atoms with Crippen LogP contribution in [0.2, 0.25) is 0 Å². The van der Waals surface area contributed by atoms with E-state index < -0.39 is 6.04 Å². The first-order valence-electron chi connectivity index (χ1n) is 9.51. The summed E-state index contributed by atoms with van der Waals surface area (Å²) in [4.78, 5) is 27.3. The van der Waals surface area contributed by atoms with Crippen LogP contribution in [0.1, 0.15) is 42.3 Å². The Hall–Kier alpha value is -2.69. The normalized spacial score (nSPS) is 20.9. The summed E-state index contributed by atoms with van der Waals surface area (Å²) in [5.74, 6) is 0.159. The van der Waals surface area contributed by atoms with Crippen LogP contribution in [0, 0.1) is 11.7 Å². The Bertz CT molecular complexity index is 818. The van der Waals surface area contributed by atoms with Crippen molar-refractivity contribution in [3.8, 4) is 0 Å². The van der Waals surface area contributed by atoms with Gasteiger partial charge in [0, 0.05) is 19.5 Å². The van der Waals surface area contributed by atoms with Gasteiger partial charge in [0.15, 0.2) is 0 Å². The second-order valence-corrected chi connectivity index (χ2v) is 7.39. The van der Waals surface area contributed by atoms with E-state index in [4.69, 9.17) is 0 Å². The number of amides is 2. The number of rotatable bonds is 5. The third-order valence-electron chi connectivity index (χ3n) is 5.53. The molecule has 2 aromatic carbocycles. The molecule has 4 nitrogen and oxygen atoms in total. The quantitative estimate of drug-likeness (QED) is 0.882. The second kappa shape index (κ2) is 7.51. The van der Waals surface area contributed by atoms with Crippen LogP contribution >= 0.6 is 0 Å². The molecule has 5 heteroatoms. The molecule has 1 aliphatic heterocycles. The molecule has 140 valence electrons. The number of benzene rings is 2. The fourth-order valence-electron chi connectivity index (χ4n) is 3.97. The molecule has 0 bridgehead atoms. The Morgan fingerprint density at radius 1 is 1.11 bits per heavy atom. The van der Waals surface area contributed by atoms with Gasteiger partial charge in [0.25, 0.3) is 0 Å². The topological polar surface area (TPSA) is 49.4 Å². The number of hydrogen-bond acceptors (Lipinski definition) is 2. The molecule has 1 aliphatic carbocycles. The third-order valence-corrected chi connectivity index (χ3v) is 5.53. The van der Waals surface area contributed by atoms with E-state index in [-0.39, 0.29) is 23.5 Å². The molecule has 1 saturated carbocycles. The average molecular weight is 366 g/mol. The van der Waals surface area contributed by atoms with E-state index in [1.807, 2.05) is 18.2 Å². The van der Waals surface area contributed by atoms with Crippen LogP contribution in [0.15, 0.2) is 54.6 Å². The highest BCUT2D eigenvalue weighted by molar-refractivity contribution is 5.90. The molecule has 2 aromatic rings. The van der Waals surface area contributed by atoms with Gasteiger partial charge in [0.05, 0.1) is 0 Å². The molecular weight excluding hydrogens is 343 g/mol. The zero-order chi connectivity index (χ0) is 18.8. The SMILES string of the molecule is O=C1NCCN(C(=O)CC(c2ccccc2)C2CC2)C1c1ccc(F)cc1. The summed E-state index contributed by atoms with van der Waals surface area (Å²) in [6.45, 7) is 0.917. The van der Waals surface area contributed by atoms with Crippen molar-refractivity contribution < 1.29 is 14.0 Å². The van der Waals surface area contributed by atoms with Gasteiger partial charge in [-0.3, -0.25) is 9.59 Å². The van der Waals surface area contributed by atoms with Gasteiger partial charge in [-0.05, 0) is 47.9 Å². The maximum Gasteiger partial charge on any atom is 0.247 e. The molecule has 2 amide bonds. The highest BCUT2D eigenvalue weighted by Gasteiger charge is 2.38. The first-order valence-corrected chi connectivity index (χ1v) is 9.51. The number of nitrogens with zero attached hydrogens (tertiary/aromatic N) is 1. The lowest BCUT2D eigenvalue weighted by molar-refractivity contribution is -0.144. The lowest BCUT2D eigenvalue weighted by Gasteiger charge is -2.36. The lowest BCUT2D eigenvalue weighted by atomic mass is 9.90. The zero-order valence-electron chi connectivity index (χ0n) is 15.1. The predicted octanol–water partition coefficient (Wildman–Crippen LogP) is 3.41. The number of piperazine rings is 1. The molecule has 1 N–H and O–H groups in total. The van der Waals surface area contributed by atoms with Crippen LogP contribution in [0.25, 0.3) is 0 Å². The van der Waals surface area contributed by atoms with Crippen molar-refractivity contribution in [2.45, 2.75) is 31.2 Å². The summed E-state index contributed by atoms with van der Waals surface area (Å²) in [6.07, 6.45) is 2.70. The second-order valence-electron chi connectivity index (χ2n) is 7.39. The molecule has 1 saturated heterocycles. The van der Waals surface area contributed by atoms with Crippen LogP contribution in [0.5, 0.6) is 0 Å². The average Bonchev–Trinajstić information content (AvgIpc) is 3.52. The maximum absolute atomic E-state index is 13.3. The van der Waals surface area contributed by atoms with Gasteiger partial charge < -0.3 is 10.2 Å². The molecule has 0 aromatic heterocycles. The molecular formula is C22H23FN2O2. The minimum Gasteiger partial charge on any atom is -0.352 e. The van der Waals surface area contributed by atoms with Crippen molar-refractivity contribution >= 4 is 11.8 Å². The number of nitrogens with one attached hydrogen (secondary N) is 1. The Labute approximate surface area is 158 Å². The van der Waals surface area contributed by atoms with E-state index in [9.17, 15) is 14.0 Å². The third kappa shape index (κ3) is 3.87. The molecule has 0 radical (unpaired) electrons. The fourth-order valence-corrected chi connectivity index (χ4v) is 3.97. The molecule has 4 rings (SSSR count). The van der Waals surface area contributed by atoms with Crippen molar-refractivity contribution in [2.75, 3.05) is 13.1 Å². The van der Waals surface area contributed by atoms with E-state index in [0.29, 0.717) is 31.0 Å². The summed E-state index contributed by atoms with van der Waals surface area (Å²) in [7, 11) is 0. The minimum absolute atomic E-state index is 0.0140. The van der Waals surface area contributed by atoms with Crippen molar-refractivity contribution in [1.82, 2.24) is 10.2 Å². The molecule has 1 heterocycles. The number of hydrogen-bond donors (Lipinski definition) is 1. The summed E-state index contributed by atoms with van der Waals surface area (Å²) >= 11 is 0. The predicted molar refractivity (Wildman–Crippen MR) is 100 cm³/mol. The Morgan fingerprint density at radius 3 is 2.48 bits per heavy atom. The summed E-state index contributed by atoms with van der Waals surface area (Å²) < 4.78 is 13.3. The monoisotopic (exact) mass is 366 g/mol. The first kappa shape index (κ1) is 17.7. The van der Waals surface area contributed by atoms with E-state index >= 15 is 0 Å². The number of halogens is 1. The molecule has 2 unspecified atom stereocenters. The highest BCUT2D eigenvalue weighted by Crippen LogP contribution is 2.45. The van der Waals surface area contributed by atoms with Crippen molar-refractivity contribution in [3.05, 3.63) is 71.5 Å². The molecule has 0 spiro atoms. The minimum atomic E-state index is -0.692. The van der Waals surface area contributed by atoms with Crippen molar-refractivity contribution in [2.24, 2.45) is 5.92 Å². The maximum atomic E-state index is 13.3. The first-order chi connectivity index (χ1) is 13.1. The Kier molecular flexibility index (Phi) is 4.92.